The van der Waals surface area contributed by atoms with Crippen molar-refractivity contribution in [2.75, 3.05) is 6.54 Å². The molecule has 1 aromatic carbocycles. The Kier molecular flexibility index (Phi) is 4.95. The number of hydrogen-bond donors (Lipinski definition) is 1. The molecule has 0 unspecified atom stereocenters. The van der Waals surface area contributed by atoms with Gasteiger partial charge in [-0.1, -0.05) is 57.2 Å². The fourth-order valence-corrected chi connectivity index (χ4v) is 1.54. The van der Waals surface area contributed by atoms with Crippen molar-refractivity contribution in [3.63, 3.8) is 0 Å². The largest absolute Gasteiger partial charge is 0.306 e. The molecule has 0 saturated carbocycles. The molecule has 0 aliphatic heterocycles. The second kappa shape index (κ2) is 6.24. The van der Waals surface area contributed by atoms with Gasteiger partial charge in [-0.3, -0.25) is 0 Å². The zero-order valence-electron chi connectivity index (χ0n) is 11.0. The quantitative estimate of drug-likeness (QED) is 0.355. The van der Waals surface area contributed by atoms with Crippen molar-refractivity contribution >= 4 is 5.71 Å². The molecular weight excluding hydrogens is 208 g/mol. The van der Waals surface area contributed by atoms with Crippen LogP contribution in [0.5, 0.6) is 0 Å². The van der Waals surface area contributed by atoms with Gasteiger partial charge in [-0.25, -0.2) is 0 Å². The Labute approximate surface area is 104 Å². The van der Waals surface area contributed by atoms with Gasteiger partial charge in [0.1, 0.15) is 0 Å². The van der Waals surface area contributed by atoms with Crippen LogP contribution in [-0.2, 0) is 0 Å². The van der Waals surface area contributed by atoms with Gasteiger partial charge >= 0.3 is 0 Å². The molecule has 0 spiro atoms. The Bertz CT molecular complexity index is 372. The predicted octanol–water partition coefficient (Wildman–Crippen LogP) is 3.60. The van der Waals surface area contributed by atoms with E-state index in [2.05, 4.69) is 50.0 Å². The van der Waals surface area contributed by atoms with Crippen LogP contribution in [0, 0.1) is 5.41 Å². The van der Waals surface area contributed by atoms with Crippen LogP contribution in [0.15, 0.2) is 48.1 Å². The molecule has 2 nitrogen and oxygen atoms in total. The summed E-state index contributed by atoms with van der Waals surface area (Å²) in [4.78, 5) is 0. The molecule has 1 N–H and O–H groups in total. The maximum atomic E-state index is 4.46. The summed E-state index contributed by atoms with van der Waals surface area (Å²) < 4.78 is 0. The summed E-state index contributed by atoms with van der Waals surface area (Å²) in [6.07, 6.45) is 2.75. The van der Waals surface area contributed by atoms with Crippen LogP contribution in [0.2, 0.25) is 0 Å². The van der Waals surface area contributed by atoms with E-state index in [-0.39, 0.29) is 5.41 Å². The Morgan fingerprint density at radius 1 is 1.29 bits per heavy atom. The van der Waals surface area contributed by atoms with Crippen LogP contribution in [-0.4, -0.2) is 12.3 Å². The van der Waals surface area contributed by atoms with Crippen molar-refractivity contribution in [3.8, 4) is 0 Å². The van der Waals surface area contributed by atoms with Crippen molar-refractivity contribution in [1.29, 1.82) is 0 Å². The molecule has 1 aromatic rings. The van der Waals surface area contributed by atoms with E-state index in [1.54, 1.807) is 0 Å². The number of rotatable bonds is 5. The standard InChI is InChI=1S/C15H22N2/c1-5-11-16-17-14(12-15(2,3)4)13-9-7-6-8-10-13/h5-10,16H,1,11-12H2,2-4H3. The minimum Gasteiger partial charge on any atom is -0.306 e. The first-order valence-electron chi connectivity index (χ1n) is 5.99. The molecule has 0 amide bonds. The zero-order chi connectivity index (χ0) is 12.7. The molecule has 0 aromatic heterocycles. The summed E-state index contributed by atoms with van der Waals surface area (Å²) >= 11 is 0. The Morgan fingerprint density at radius 3 is 2.47 bits per heavy atom. The second-order valence-electron chi connectivity index (χ2n) is 5.31. The first-order valence-corrected chi connectivity index (χ1v) is 5.99. The van der Waals surface area contributed by atoms with Crippen LogP contribution >= 0.6 is 0 Å². The molecule has 0 atom stereocenters. The van der Waals surface area contributed by atoms with Crippen LogP contribution in [0.3, 0.4) is 0 Å². The van der Waals surface area contributed by atoms with Gasteiger partial charge in [-0.05, 0) is 17.4 Å². The van der Waals surface area contributed by atoms with Gasteiger partial charge < -0.3 is 5.43 Å². The first-order chi connectivity index (χ1) is 8.03. The van der Waals surface area contributed by atoms with E-state index in [0.29, 0.717) is 6.54 Å². The molecule has 0 saturated heterocycles. The minimum absolute atomic E-state index is 0.227. The summed E-state index contributed by atoms with van der Waals surface area (Å²) in [6.45, 7) is 11.0. The maximum Gasteiger partial charge on any atom is 0.0680 e. The predicted molar refractivity (Wildman–Crippen MR) is 75.3 cm³/mol. The average molecular weight is 230 g/mol. The van der Waals surface area contributed by atoms with Crippen molar-refractivity contribution in [2.45, 2.75) is 27.2 Å². The Balaban J connectivity index is 2.86. The number of nitrogens with zero attached hydrogens (tertiary/aromatic N) is 1. The van der Waals surface area contributed by atoms with E-state index < -0.39 is 0 Å². The van der Waals surface area contributed by atoms with Gasteiger partial charge in [-0.2, -0.15) is 5.10 Å². The third kappa shape index (κ3) is 5.34. The smallest absolute Gasteiger partial charge is 0.0680 e. The van der Waals surface area contributed by atoms with Crippen LogP contribution in [0.1, 0.15) is 32.8 Å². The molecule has 0 bridgehead atoms. The van der Waals surface area contributed by atoms with Crippen LogP contribution < -0.4 is 5.43 Å². The number of hydrogen-bond acceptors (Lipinski definition) is 2. The van der Waals surface area contributed by atoms with E-state index in [1.807, 2.05) is 24.3 Å². The molecule has 0 radical (unpaired) electrons. The van der Waals surface area contributed by atoms with Crippen molar-refractivity contribution in [2.24, 2.45) is 10.5 Å². The fourth-order valence-electron chi connectivity index (χ4n) is 1.54. The van der Waals surface area contributed by atoms with Gasteiger partial charge in [0.2, 0.25) is 0 Å². The Morgan fingerprint density at radius 2 is 1.94 bits per heavy atom. The molecular formula is C15H22N2. The van der Waals surface area contributed by atoms with Crippen LogP contribution in [0.4, 0.5) is 0 Å². The fraction of sp³-hybridized carbons (Fsp3) is 0.400. The number of hydrazone groups is 1. The van der Waals surface area contributed by atoms with Gasteiger partial charge in [0.05, 0.1) is 12.3 Å². The zero-order valence-corrected chi connectivity index (χ0v) is 11.0. The van der Waals surface area contributed by atoms with Gasteiger partial charge in [-0.15, -0.1) is 6.58 Å². The minimum atomic E-state index is 0.227. The van der Waals surface area contributed by atoms with E-state index in [9.17, 15) is 0 Å². The molecule has 0 heterocycles. The highest BCUT2D eigenvalue weighted by Crippen LogP contribution is 2.21. The highest BCUT2D eigenvalue weighted by molar-refractivity contribution is 6.00. The lowest BCUT2D eigenvalue weighted by Gasteiger charge is -2.19. The van der Waals surface area contributed by atoms with Gasteiger partial charge in [0.25, 0.3) is 0 Å². The van der Waals surface area contributed by atoms with Crippen molar-refractivity contribution in [1.82, 2.24) is 5.43 Å². The number of benzene rings is 1. The number of nitrogens with one attached hydrogen (secondary N) is 1. The molecule has 0 aliphatic rings. The van der Waals surface area contributed by atoms with Gasteiger partial charge in [0.15, 0.2) is 0 Å². The Hall–Kier alpha value is -1.57. The second-order valence-corrected chi connectivity index (χ2v) is 5.31. The molecule has 1 rings (SSSR count). The lowest BCUT2D eigenvalue weighted by atomic mass is 9.87. The SMILES string of the molecule is C=CCNN=C(CC(C)(C)C)c1ccccc1. The summed E-state index contributed by atoms with van der Waals surface area (Å²) in [5, 5.41) is 4.46. The molecule has 92 valence electrons. The van der Waals surface area contributed by atoms with E-state index in [0.717, 1.165) is 12.1 Å². The summed E-state index contributed by atoms with van der Waals surface area (Å²) in [5.74, 6) is 0. The monoisotopic (exact) mass is 230 g/mol. The van der Waals surface area contributed by atoms with Crippen LogP contribution in [0.25, 0.3) is 0 Å². The van der Waals surface area contributed by atoms with E-state index in [4.69, 9.17) is 0 Å². The highest BCUT2D eigenvalue weighted by atomic mass is 15.3. The lowest BCUT2D eigenvalue weighted by Crippen LogP contribution is -2.18. The molecule has 2 heteroatoms. The average Bonchev–Trinajstić information content (AvgIpc) is 2.28. The summed E-state index contributed by atoms with van der Waals surface area (Å²) in [5.41, 5.74) is 5.53. The van der Waals surface area contributed by atoms with E-state index >= 15 is 0 Å². The molecule has 0 aliphatic carbocycles. The molecule has 0 fully saturated rings. The third-order valence-corrected chi connectivity index (χ3v) is 2.25. The summed E-state index contributed by atoms with van der Waals surface area (Å²) in [7, 11) is 0. The van der Waals surface area contributed by atoms with Gasteiger partial charge in [0, 0.05) is 0 Å². The highest BCUT2D eigenvalue weighted by Gasteiger charge is 2.15. The normalized spacial score (nSPS) is 12.3. The third-order valence-electron chi connectivity index (χ3n) is 2.25. The van der Waals surface area contributed by atoms with E-state index in [1.165, 1.54) is 5.56 Å². The molecule has 17 heavy (non-hydrogen) atoms. The van der Waals surface area contributed by atoms with Crippen molar-refractivity contribution in [3.05, 3.63) is 48.6 Å². The maximum absolute atomic E-state index is 4.46. The lowest BCUT2D eigenvalue weighted by molar-refractivity contribution is 0.433. The van der Waals surface area contributed by atoms with Crippen molar-refractivity contribution < 1.29 is 0 Å². The topological polar surface area (TPSA) is 24.4 Å². The first kappa shape index (κ1) is 13.5. The summed E-state index contributed by atoms with van der Waals surface area (Å²) in [6, 6.07) is 10.3.